The summed E-state index contributed by atoms with van der Waals surface area (Å²) in [4.78, 5) is 142. The smallest absolute Gasteiger partial charge is 0.326 e. The van der Waals surface area contributed by atoms with Gasteiger partial charge in [0.15, 0.2) is 17.9 Å². The number of hydrogen-bond donors (Lipinski definition) is 17. The molecule has 30 heteroatoms. The lowest BCUT2D eigenvalue weighted by Gasteiger charge is -2.30. The molecule has 0 fully saturated rings. The molecule has 0 spiro atoms. The van der Waals surface area contributed by atoms with Crippen molar-refractivity contribution in [2.75, 3.05) is 26.2 Å². The van der Waals surface area contributed by atoms with Crippen molar-refractivity contribution < 1.29 is 48.3 Å². The summed E-state index contributed by atoms with van der Waals surface area (Å²) in [5.41, 5.74) is 38.9. The summed E-state index contributed by atoms with van der Waals surface area (Å²) < 4.78 is 0. The highest BCUT2D eigenvalue weighted by atomic mass is 16.4. The quantitative estimate of drug-likeness (QED) is 0.0170. The number of aromatic amines is 1. The fourth-order valence-corrected chi connectivity index (χ4v) is 7.90. The molecule has 1 heterocycles. The number of nitrogens with two attached hydrogens (primary N) is 7. The van der Waals surface area contributed by atoms with Gasteiger partial charge >= 0.3 is 5.97 Å². The Bertz CT molecular complexity index is 2180. The number of carbonyl (C=O) groups excluding carboxylic acids is 8. The predicted octanol–water partition coefficient (Wildman–Crippen LogP) is -3.88. The van der Waals surface area contributed by atoms with Gasteiger partial charge < -0.3 is 92.8 Å². The number of imidazole rings is 1. The minimum atomic E-state index is -1.41. The second-order valence-corrected chi connectivity index (χ2v) is 19.6. The van der Waals surface area contributed by atoms with Gasteiger partial charge in [0.1, 0.15) is 48.3 Å². The van der Waals surface area contributed by atoms with Gasteiger partial charge in [-0.3, -0.25) is 53.3 Å². The highest BCUT2D eigenvalue weighted by Crippen LogP contribution is 2.14. The largest absolute Gasteiger partial charge is 0.480 e. The van der Waals surface area contributed by atoms with Crippen LogP contribution < -0.4 is 82.7 Å². The van der Waals surface area contributed by atoms with Gasteiger partial charge in [-0.1, -0.05) is 53.9 Å². The van der Waals surface area contributed by atoms with Crippen LogP contribution in [0.3, 0.4) is 0 Å². The molecular formula is C49H90N20O10. The average Bonchev–Trinajstić information content (AvgIpc) is 3.90. The number of aliphatic carboxylic acids is 1. The standard InChI is InChI=1S/C49H90N20O10/c1-7-9-15-32(42(74)68-37(27(3)4)44(76)69-38(28(5)8-2)45(77)66-35(46(78)79)19-14-23-60-49(55)56)63-40(72)33(17-12-21-58-47(51)52)65-43(75)36(24-30-25-57-26-61-30)67-41(73)34(18-13-22-59-48(53)54)64-39(71)31(62-29(6)70)16-10-11-20-50/h25-28,31-38H,7-24,50H2,1-6H3,(H,57,61)(H,62,70)(H,63,72)(H,64,71)(H,65,75)(H,66,77)(H,67,73)(H,68,74)(H,69,76)(H,78,79)(H4,51,52,58)(H4,53,54,59)(H4,55,56,60)/t28?,31-,32-,33-,34-,35-,36-,37-,38?/m0/s1. The van der Waals surface area contributed by atoms with Crippen molar-refractivity contribution in [1.29, 1.82) is 0 Å². The highest BCUT2D eigenvalue weighted by molar-refractivity contribution is 5.98. The first kappa shape index (κ1) is 69.2. The zero-order chi connectivity index (χ0) is 59.6. The van der Waals surface area contributed by atoms with Crippen molar-refractivity contribution in [1.82, 2.24) is 52.5 Å². The minimum Gasteiger partial charge on any atom is -0.480 e. The van der Waals surface area contributed by atoms with E-state index in [0.717, 1.165) is 0 Å². The Hall–Kier alpha value is -7.79. The molecule has 0 aliphatic carbocycles. The SMILES string of the molecule is CCCC[C@H](NC(=O)[C@H](CCCN=C(N)N)NC(=O)[C@H](Cc1cnc[nH]1)NC(=O)[C@H](CCCN=C(N)N)NC(=O)[C@H](CCCCN)NC(C)=O)C(=O)N[C@H](C(=O)NC(C(=O)N[C@@H](CCCN=C(N)N)C(=O)O)C(C)CC)C(C)C. The van der Waals surface area contributed by atoms with Crippen LogP contribution in [0.25, 0.3) is 0 Å². The molecule has 0 saturated carbocycles. The van der Waals surface area contributed by atoms with E-state index in [0.29, 0.717) is 44.3 Å². The number of carboxylic acid groups (broad SMARTS) is 1. The summed E-state index contributed by atoms with van der Waals surface area (Å²) in [6.07, 6.45) is 5.92. The maximum atomic E-state index is 14.5. The number of nitrogens with one attached hydrogen (secondary N) is 9. The van der Waals surface area contributed by atoms with Crippen LogP contribution in [-0.4, -0.2) is 161 Å². The van der Waals surface area contributed by atoms with Crippen molar-refractivity contribution in [2.45, 2.75) is 180 Å². The van der Waals surface area contributed by atoms with Crippen LogP contribution in [0.15, 0.2) is 27.5 Å². The Kier molecular flexibility index (Phi) is 33.2. The Balaban J connectivity index is 3.61. The van der Waals surface area contributed by atoms with Crippen LogP contribution >= 0.6 is 0 Å². The molecular weight excluding hydrogens is 1030 g/mol. The number of H-pyrrole nitrogens is 1. The zero-order valence-electron chi connectivity index (χ0n) is 46.6. The number of guanidine groups is 3. The number of carbonyl (C=O) groups is 9. The Labute approximate surface area is 461 Å². The molecule has 8 amide bonds. The topological polar surface area (TPSA) is 518 Å². The van der Waals surface area contributed by atoms with Gasteiger partial charge in [0.05, 0.1) is 6.33 Å². The third kappa shape index (κ3) is 28.4. The fourth-order valence-electron chi connectivity index (χ4n) is 7.90. The highest BCUT2D eigenvalue weighted by Gasteiger charge is 2.36. The molecule has 1 rings (SSSR count). The molecule has 0 bridgehead atoms. The van der Waals surface area contributed by atoms with E-state index in [1.54, 1.807) is 27.7 Å². The molecule has 79 heavy (non-hydrogen) atoms. The second-order valence-electron chi connectivity index (χ2n) is 19.6. The van der Waals surface area contributed by atoms with E-state index in [4.69, 9.17) is 40.1 Å². The lowest BCUT2D eigenvalue weighted by molar-refractivity contribution is -0.143. The minimum absolute atomic E-state index is 0.0106. The summed E-state index contributed by atoms with van der Waals surface area (Å²) in [5.74, 6) is -8.80. The van der Waals surface area contributed by atoms with E-state index >= 15 is 0 Å². The summed E-state index contributed by atoms with van der Waals surface area (Å²) in [6.45, 7) is 10.5. The number of carboxylic acids is 1. The van der Waals surface area contributed by atoms with Crippen LogP contribution in [0.2, 0.25) is 0 Å². The molecule has 0 aliphatic rings. The second kappa shape index (κ2) is 37.9. The number of aromatic nitrogens is 2. The van der Waals surface area contributed by atoms with Crippen molar-refractivity contribution in [3.8, 4) is 0 Å². The molecule has 0 aromatic carbocycles. The predicted molar refractivity (Wildman–Crippen MR) is 298 cm³/mol. The van der Waals surface area contributed by atoms with Crippen LogP contribution in [0.1, 0.15) is 131 Å². The third-order valence-corrected chi connectivity index (χ3v) is 12.5. The average molecular weight is 1120 g/mol. The summed E-state index contributed by atoms with van der Waals surface area (Å²) in [6, 6.07) is -10.1. The van der Waals surface area contributed by atoms with Gasteiger partial charge in [0, 0.05) is 44.9 Å². The summed E-state index contributed by atoms with van der Waals surface area (Å²) in [5, 5.41) is 31.3. The monoisotopic (exact) mass is 1120 g/mol. The molecule has 30 nitrogen and oxygen atoms in total. The number of unbranched alkanes of at least 4 members (excludes halogenated alkanes) is 2. The van der Waals surface area contributed by atoms with E-state index in [9.17, 15) is 48.3 Å². The summed E-state index contributed by atoms with van der Waals surface area (Å²) >= 11 is 0. The van der Waals surface area contributed by atoms with E-state index in [1.165, 1.54) is 19.4 Å². The number of rotatable bonds is 40. The molecule has 0 radical (unpaired) electrons. The molecule has 9 atom stereocenters. The molecule has 0 saturated heterocycles. The van der Waals surface area contributed by atoms with Crippen molar-refractivity contribution in [3.63, 3.8) is 0 Å². The van der Waals surface area contributed by atoms with Gasteiger partial charge in [-0.15, -0.1) is 0 Å². The molecule has 1 aromatic heterocycles. The van der Waals surface area contributed by atoms with Gasteiger partial charge in [-0.2, -0.15) is 0 Å². The van der Waals surface area contributed by atoms with Crippen LogP contribution in [-0.2, 0) is 49.6 Å². The number of amides is 8. The van der Waals surface area contributed by atoms with Gasteiger partial charge in [0.2, 0.25) is 47.3 Å². The lowest BCUT2D eigenvalue weighted by atomic mass is 9.95. The number of hydrogen-bond acceptors (Lipinski definition) is 14. The zero-order valence-corrected chi connectivity index (χ0v) is 46.6. The van der Waals surface area contributed by atoms with E-state index in [1.807, 2.05) is 6.92 Å². The molecule has 1 aromatic rings. The lowest BCUT2D eigenvalue weighted by Crippen LogP contribution is -2.61. The van der Waals surface area contributed by atoms with E-state index in [-0.39, 0.29) is 95.3 Å². The van der Waals surface area contributed by atoms with Gasteiger partial charge in [-0.05, 0) is 82.6 Å². The molecule has 24 N–H and O–H groups in total. The molecule has 0 aliphatic heterocycles. The Morgan fingerprint density at radius 3 is 1.33 bits per heavy atom. The first-order chi connectivity index (χ1) is 37.3. The van der Waals surface area contributed by atoms with Crippen molar-refractivity contribution in [3.05, 3.63) is 18.2 Å². The normalized spacial score (nSPS) is 14.4. The summed E-state index contributed by atoms with van der Waals surface area (Å²) in [7, 11) is 0. The van der Waals surface area contributed by atoms with Crippen molar-refractivity contribution >= 4 is 71.1 Å². The maximum Gasteiger partial charge on any atom is 0.326 e. The van der Waals surface area contributed by atoms with Crippen molar-refractivity contribution in [2.24, 2.45) is 66.9 Å². The van der Waals surface area contributed by atoms with Gasteiger partial charge in [-0.25, -0.2) is 9.78 Å². The Morgan fingerprint density at radius 2 is 0.924 bits per heavy atom. The van der Waals surface area contributed by atoms with E-state index in [2.05, 4.69) is 67.5 Å². The van der Waals surface area contributed by atoms with Gasteiger partial charge in [0.25, 0.3) is 0 Å². The van der Waals surface area contributed by atoms with Crippen LogP contribution in [0.4, 0.5) is 0 Å². The molecule has 2 unspecified atom stereocenters. The van der Waals surface area contributed by atoms with Crippen LogP contribution in [0, 0.1) is 11.8 Å². The first-order valence-corrected chi connectivity index (χ1v) is 26.8. The fraction of sp³-hybridized carbons (Fsp3) is 0.694. The number of aliphatic imine (C=N–C) groups is 3. The van der Waals surface area contributed by atoms with E-state index < -0.39 is 113 Å². The third-order valence-electron chi connectivity index (χ3n) is 12.5. The first-order valence-electron chi connectivity index (χ1n) is 26.8. The Morgan fingerprint density at radius 1 is 0.532 bits per heavy atom. The maximum absolute atomic E-state index is 14.5. The van der Waals surface area contributed by atoms with Crippen LogP contribution in [0.5, 0.6) is 0 Å². The number of nitrogens with zero attached hydrogens (tertiary/aromatic N) is 4. The molecule has 446 valence electrons.